The molecule has 1 aromatic rings. The van der Waals surface area contributed by atoms with Gasteiger partial charge in [0.05, 0.1) is 18.3 Å². The molecule has 0 aromatic heterocycles. The van der Waals surface area contributed by atoms with Gasteiger partial charge in [-0.1, -0.05) is 18.2 Å². The highest BCUT2D eigenvalue weighted by Gasteiger charge is 2.47. The van der Waals surface area contributed by atoms with Crippen LogP contribution in [0.4, 0.5) is 10.5 Å². The van der Waals surface area contributed by atoms with E-state index in [2.05, 4.69) is 5.32 Å². The van der Waals surface area contributed by atoms with Crippen LogP contribution in [0.3, 0.4) is 0 Å². The van der Waals surface area contributed by atoms with Gasteiger partial charge in [-0.25, -0.2) is 4.79 Å². The van der Waals surface area contributed by atoms with Crippen molar-refractivity contribution in [2.24, 2.45) is 0 Å². The lowest BCUT2D eigenvalue weighted by Crippen LogP contribution is -2.40. The molecule has 2 aliphatic rings. The number of anilines is 1. The fourth-order valence-electron chi connectivity index (χ4n) is 2.63. The fourth-order valence-corrected chi connectivity index (χ4v) is 2.63. The van der Waals surface area contributed by atoms with E-state index in [4.69, 9.17) is 4.74 Å². The molecule has 2 aliphatic heterocycles. The van der Waals surface area contributed by atoms with Crippen molar-refractivity contribution in [2.45, 2.75) is 25.5 Å². The van der Waals surface area contributed by atoms with Gasteiger partial charge in [-0.2, -0.15) is 0 Å². The third-order valence-electron chi connectivity index (χ3n) is 3.44. The second-order valence-electron chi connectivity index (χ2n) is 4.63. The number of benzene rings is 1. The number of amides is 2. The first kappa shape index (κ1) is 11.1. The molecule has 1 aromatic carbocycles. The zero-order valence-electron chi connectivity index (χ0n) is 10.1. The maximum absolute atomic E-state index is 11.9. The average Bonchev–Trinajstić information content (AvgIpc) is 2.85. The highest BCUT2D eigenvalue weighted by atomic mass is 16.6. The second kappa shape index (κ2) is 4.01. The van der Waals surface area contributed by atoms with Gasteiger partial charge in [0.25, 0.3) is 0 Å². The molecular weight excluding hydrogens is 232 g/mol. The first-order valence-electron chi connectivity index (χ1n) is 5.99. The van der Waals surface area contributed by atoms with Crippen LogP contribution in [0, 0.1) is 0 Å². The van der Waals surface area contributed by atoms with Gasteiger partial charge < -0.3 is 10.1 Å². The lowest BCUT2D eigenvalue weighted by Gasteiger charge is -2.16. The summed E-state index contributed by atoms with van der Waals surface area (Å²) in [5.41, 5.74) is 2.09. The van der Waals surface area contributed by atoms with Crippen LogP contribution in [0.25, 0.3) is 0 Å². The van der Waals surface area contributed by atoms with Gasteiger partial charge in [0.2, 0.25) is 5.91 Å². The zero-order chi connectivity index (χ0) is 12.7. The number of carbonyl (C=O) groups excluding carboxylic acids is 2. The van der Waals surface area contributed by atoms with Crippen LogP contribution in [0.15, 0.2) is 24.3 Å². The summed E-state index contributed by atoms with van der Waals surface area (Å²) >= 11 is 0. The molecule has 1 fully saturated rings. The van der Waals surface area contributed by atoms with E-state index in [1.54, 1.807) is 4.90 Å². The number of nitrogens with zero attached hydrogens (tertiary/aromatic N) is 1. The van der Waals surface area contributed by atoms with Crippen molar-refractivity contribution in [3.8, 4) is 0 Å². The smallest absolute Gasteiger partial charge is 0.415 e. The van der Waals surface area contributed by atoms with Crippen LogP contribution < -0.4 is 10.2 Å². The maximum atomic E-state index is 11.9. The van der Waals surface area contributed by atoms with E-state index in [9.17, 15) is 9.59 Å². The number of carbonyl (C=O) groups is 2. The summed E-state index contributed by atoms with van der Waals surface area (Å²) in [6.45, 7) is 1.83. The Bertz CT molecular complexity index is 515. The van der Waals surface area contributed by atoms with Crippen LogP contribution in [-0.2, 0) is 16.0 Å². The summed E-state index contributed by atoms with van der Waals surface area (Å²) in [7, 11) is 0. The summed E-state index contributed by atoms with van der Waals surface area (Å²) in [5.74, 6) is -0.111. The molecule has 0 radical (unpaired) electrons. The predicted molar refractivity (Wildman–Crippen MR) is 65.4 cm³/mol. The molecule has 0 bridgehead atoms. The summed E-state index contributed by atoms with van der Waals surface area (Å²) < 4.78 is 5.31. The van der Waals surface area contributed by atoms with Crippen LogP contribution in [0.1, 0.15) is 12.5 Å². The van der Waals surface area contributed by atoms with Crippen molar-refractivity contribution in [3.05, 3.63) is 29.8 Å². The molecule has 94 valence electrons. The van der Waals surface area contributed by atoms with E-state index >= 15 is 0 Å². The predicted octanol–water partition coefficient (Wildman–Crippen LogP) is 1.07. The Balaban J connectivity index is 1.82. The highest BCUT2D eigenvalue weighted by Crippen LogP contribution is 2.38. The number of hydrogen-bond donors (Lipinski definition) is 1. The van der Waals surface area contributed by atoms with Gasteiger partial charge in [-0.05, 0) is 18.1 Å². The lowest BCUT2D eigenvalue weighted by molar-refractivity contribution is -0.119. The topological polar surface area (TPSA) is 58.6 Å². The van der Waals surface area contributed by atoms with Crippen LogP contribution in [0.5, 0.6) is 0 Å². The van der Waals surface area contributed by atoms with E-state index in [1.165, 1.54) is 6.92 Å². The minimum absolute atomic E-state index is 0.00162. The molecule has 0 unspecified atom stereocenters. The molecule has 2 amide bonds. The quantitative estimate of drug-likeness (QED) is 0.849. The van der Waals surface area contributed by atoms with Crippen LogP contribution >= 0.6 is 0 Å². The molecule has 2 heterocycles. The Labute approximate surface area is 105 Å². The second-order valence-corrected chi connectivity index (χ2v) is 4.63. The number of hydrogen-bond acceptors (Lipinski definition) is 3. The molecule has 2 atom stereocenters. The lowest BCUT2D eigenvalue weighted by atomic mass is 10.1. The molecule has 5 nitrogen and oxygen atoms in total. The third kappa shape index (κ3) is 1.63. The molecule has 0 saturated carbocycles. The fraction of sp³-hybridized carbons (Fsp3) is 0.385. The first-order valence-corrected chi connectivity index (χ1v) is 5.99. The molecule has 1 saturated heterocycles. The molecule has 0 aliphatic carbocycles. The average molecular weight is 246 g/mol. The molecule has 1 N–H and O–H groups in total. The van der Waals surface area contributed by atoms with Crippen molar-refractivity contribution in [3.63, 3.8) is 0 Å². The van der Waals surface area contributed by atoms with E-state index < -0.39 is 0 Å². The van der Waals surface area contributed by atoms with Crippen molar-refractivity contribution < 1.29 is 14.3 Å². The number of cyclic esters (lactones) is 1. The Morgan fingerprint density at radius 2 is 2.28 bits per heavy atom. The Kier molecular flexibility index (Phi) is 2.47. The van der Waals surface area contributed by atoms with Gasteiger partial charge in [-0.3, -0.25) is 9.69 Å². The van der Waals surface area contributed by atoms with Crippen LogP contribution in [-0.4, -0.2) is 30.7 Å². The SMILES string of the molecule is CC(=O)NC[C@H]1OC(=O)N2c3ccccc3C[C@H]12. The largest absolute Gasteiger partial charge is 0.442 e. The van der Waals surface area contributed by atoms with E-state index in [0.717, 1.165) is 17.7 Å². The monoisotopic (exact) mass is 246 g/mol. The summed E-state index contributed by atoms with van der Waals surface area (Å²) in [6.07, 6.45) is 0.195. The van der Waals surface area contributed by atoms with Crippen molar-refractivity contribution in [1.29, 1.82) is 0 Å². The Morgan fingerprint density at radius 1 is 1.50 bits per heavy atom. The van der Waals surface area contributed by atoms with Gasteiger partial charge >= 0.3 is 6.09 Å². The minimum atomic E-state index is -0.319. The Morgan fingerprint density at radius 3 is 3.06 bits per heavy atom. The molecular formula is C13H14N2O3. The van der Waals surface area contributed by atoms with Gasteiger partial charge in [-0.15, -0.1) is 0 Å². The normalized spacial score (nSPS) is 24.5. The number of fused-ring (bicyclic) bond motifs is 3. The molecule has 3 rings (SSSR count). The van der Waals surface area contributed by atoms with E-state index in [-0.39, 0.29) is 24.1 Å². The summed E-state index contributed by atoms with van der Waals surface area (Å²) in [4.78, 5) is 24.5. The minimum Gasteiger partial charge on any atom is -0.442 e. The Hall–Kier alpha value is -2.04. The molecule has 0 spiro atoms. The van der Waals surface area contributed by atoms with Crippen molar-refractivity contribution >= 4 is 17.7 Å². The molecule has 5 heteroatoms. The van der Waals surface area contributed by atoms with Gasteiger partial charge in [0.1, 0.15) is 6.10 Å². The van der Waals surface area contributed by atoms with E-state index in [1.807, 2.05) is 24.3 Å². The summed E-state index contributed by atoms with van der Waals surface area (Å²) in [5, 5.41) is 2.70. The number of ether oxygens (including phenoxy) is 1. The van der Waals surface area contributed by atoms with Crippen LogP contribution in [0.2, 0.25) is 0 Å². The number of nitrogens with one attached hydrogen (secondary N) is 1. The van der Waals surface area contributed by atoms with E-state index in [0.29, 0.717) is 6.54 Å². The maximum Gasteiger partial charge on any atom is 0.415 e. The number of rotatable bonds is 2. The highest BCUT2D eigenvalue weighted by molar-refractivity contribution is 5.93. The standard InChI is InChI=1S/C13H14N2O3/c1-8(16)14-7-12-11-6-9-4-2-3-5-10(9)15(11)13(17)18-12/h2-5,11-12H,6-7H2,1H3,(H,14,16)/t11-,12-/m1/s1. The summed E-state index contributed by atoms with van der Waals surface area (Å²) in [6, 6.07) is 7.83. The van der Waals surface area contributed by atoms with Crippen molar-refractivity contribution in [2.75, 3.05) is 11.4 Å². The molecule has 18 heavy (non-hydrogen) atoms. The van der Waals surface area contributed by atoms with Gasteiger partial charge in [0, 0.05) is 6.92 Å². The zero-order valence-corrected chi connectivity index (χ0v) is 10.1. The van der Waals surface area contributed by atoms with Crippen molar-refractivity contribution in [1.82, 2.24) is 5.32 Å². The number of para-hydroxylation sites is 1. The third-order valence-corrected chi connectivity index (χ3v) is 3.44. The first-order chi connectivity index (χ1) is 8.66. The van der Waals surface area contributed by atoms with Gasteiger partial charge in [0.15, 0.2) is 0 Å².